The predicted molar refractivity (Wildman–Crippen MR) is 120 cm³/mol. The van der Waals surface area contributed by atoms with Gasteiger partial charge in [-0.2, -0.15) is 0 Å². The van der Waals surface area contributed by atoms with E-state index in [1.807, 2.05) is 19.1 Å². The van der Waals surface area contributed by atoms with Crippen LogP contribution in [0.15, 0.2) is 65.8 Å². The monoisotopic (exact) mass is 444 g/mol. The van der Waals surface area contributed by atoms with Gasteiger partial charge >= 0.3 is 5.97 Å². The SMILES string of the molecule is C=C(Cl)C(=CC)c1ccc(C=C(NC(=O)c2ccccc2)C(=O)NCC(=O)OC)s1. The zero-order chi connectivity index (χ0) is 22.1. The minimum absolute atomic E-state index is 0.00659. The predicted octanol–water partition coefficient (Wildman–Crippen LogP) is 3.96. The molecule has 6 nitrogen and oxygen atoms in total. The number of esters is 1. The van der Waals surface area contributed by atoms with E-state index in [9.17, 15) is 14.4 Å². The molecule has 1 aromatic carbocycles. The first-order valence-electron chi connectivity index (χ1n) is 8.90. The van der Waals surface area contributed by atoms with Gasteiger partial charge in [0, 0.05) is 25.9 Å². The fraction of sp³-hybridized carbons (Fsp3) is 0.136. The molecule has 2 amide bonds. The molecule has 0 saturated carbocycles. The van der Waals surface area contributed by atoms with Crippen molar-refractivity contribution in [3.63, 3.8) is 0 Å². The summed E-state index contributed by atoms with van der Waals surface area (Å²) in [6, 6.07) is 12.1. The van der Waals surface area contributed by atoms with Crippen molar-refractivity contribution in [2.45, 2.75) is 6.92 Å². The van der Waals surface area contributed by atoms with Gasteiger partial charge in [-0.3, -0.25) is 14.4 Å². The molecular weight excluding hydrogens is 424 g/mol. The van der Waals surface area contributed by atoms with Crippen LogP contribution in [0.2, 0.25) is 0 Å². The van der Waals surface area contributed by atoms with E-state index >= 15 is 0 Å². The number of rotatable bonds is 8. The number of amides is 2. The highest BCUT2D eigenvalue weighted by Crippen LogP contribution is 2.31. The first kappa shape index (κ1) is 23.1. The molecule has 0 saturated heterocycles. The van der Waals surface area contributed by atoms with Crippen LogP contribution in [0.1, 0.15) is 27.0 Å². The Bertz CT molecular complexity index is 1010. The van der Waals surface area contributed by atoms with E-state index in [4.69, 9.17) is 11.6 Å². The summed E-state index contributed by atoms with van der Waals surface area (Å²) in [6.45, 7) is 5.28. The lowest BCUT2D eigenvalue weighted by atomic mass is 10.2. The maximum atomic E-state index is 12.6. The van der Waals surface area contributed by atoms with E-state index in [1.165, 1.54) is 24.5 Å². The largest absolute Gasteiger partial charge is 0.468 e. The summed E-state index contributed by atoms with van der Waals surface area (Å²) in [5.41, 5.74) is 1.17. The van der Waals surface area contributed by atoms with E-state index in [2.05, 4.69) is 21.9 Å². The Hall–Kier alpha value is -3.16. The van der Waals surface area contributed by atoms with Crippen molar-refractivity contribution < 1.29 is 19.1 Å². The van der Waals surface area contributed by atoms with Crippen LogP contribution >= 0.6 is 22.9 Å². The van der Waals surface area contributed by atoms with Crippen LogP contribution in [-0.4, -0.2) is 31.4 Å². The average Bonchev–Trinajstić information content (AvgIpc) is 3.20. The summed E-state index contributed by atoms with van der Waals surface area (Å²) in [4.78, 5) is 38.1. The summed E-state index contributed by atoms with van der Waals surface area (Å²) in [5.74, 6) is -1.67. The minimum atomic E-state index is -0.618. The highest BCUT2D eigenvalue weighted by molar-refractivity contribution is 7.14. The molecule has 1 aromatic heterocycles. The zero-order valence-corrected chi connectivity index (χ0v) is 18.1. The van der Waals surface area contributed by atoms with Crippen molar-refractivity contribution in [3.05, 3.63) is 81.2 Å². The number of hydrogen-bond donors (Lipinski definition) is 2. The van der Waals surface area contributed by atoms with Gasteiger partial charge in [0.05, 0.1) is 7.11 Å². The van der Waals surface area contributed by atoms with Crippen molar-refractivity contribution >= 4 is 52.4 Å². The van der Waals surface area contributed by atoms with Crippen LogP contribution in [-0.2, 0) is 14.3 Å². The molecule has 1 heterocycles. The second-order valence-corrected chi connectivity index (χ2v) is 7.52. The first-order chi connectivity index (χ1) is 14.3. The average molecular weight is 445 g/mol. The third-order valence-corrected chi connectivity index (χ3v) is 5.18. The number of benzene rings is 1. The van der Waals surface area contributed by atoms with E-state index in [-0.39, 0.29) is 12.2 Å². The van der Waals surface area contributed by atoms with Gasteiger partial charge in [-0.05, 0) is 37.3 Å². The van der Waals surface area contributed by atoms with Crippen LogP contribution in [0, 0.1) is 0 Å². The molecule has 2 N–H and O–H groups in total. The van der Waals surface area contributed by atoms with Gasteiger partial charge < -0.3 is 15.4 Å². The molecule has 0 aliphatic heterocycles. The van der Waals surface area contributed by atoms with Crippen molar-refractivity contribution in [2.24, 2.45) is 0 Å². The number of nitrogens with one attached hydrogen (secondary N) is 2. The lowest BCUT2D eigenvalue weighted by Gasteiger charge is -2.10. The van der Waals surface area contributed by atoms with Gasteiger partial charge in [-0.15, -0.1) is 11.3 Å². The molecule has 0 aliphatic carbocycles. The Balaban J connectivity index is 2.31. The van der Waals surface area contributed by atoms with Crippen molar-refractivity contribution in [3.8, 4) is 0 Å². The van der Waals surface area contributed by atoms with Crippen LogP contribution in [0.4, 0.5) is 0 Å². The minimum Gasteiger partial charge on any atom is -0.468 e. The summed E-state index contributed by atoms with van der Waals surface area (Å²) in [7, 11) is 1.22. The number of thiophene rings is 1. The molecule has 30 heavy (non-hydrogen) atoms. The Morgan fingerprint density at radius 3 is 2.47 bits per heavy atom. The Labute approximate surface area is 183 Å². The number of carbonyl (C=O) groups is 3. The van der Waals surface area contributed by atoms with E-state index < -0.39 is 17.8 Å². The number of halogens is 1. The third-order valence-electron chi connectivity index (χ3n) is 3.91. The van der Waals surface area contributed by atoms with Crippen molar-refractivity contribution in [1.82, 2.24) is 10.6 Å². The molecule has 2 aromatic rings. The van der Waals surface area contributed by atoms with Crippen LogP contribution in [0.5, 0.6) is 0 Å². The lowest BCUT2D eigenvalue weighted by Crippen LogP contribution is -2.37. The van der Waals surface area contributed by atoms with Crippen LogP contribution in [0.25, 0.3) is 11.6 Å². The lowest BCUT2D eigenvalue weighted by molar-refractivity contribution is -0.140. The fourth-order valence-electron chi connectivity index (χ4n) is 2.41. The summed E-state index contributed by atoms with van der Waals surface area (Å²) in [5, 5.41) is 5.44. The maximum absolute atomic E-state index is 12.6. The fourth-order valence-corrected chi connectivity index (χ4v) is 3.73. The highest BCUT2D eigenvalue weighted by Gasteiger charge is 2.16. The molecule has 0 atom stereocenters. The summed E-state index contributed by atoms with van der Waals surface area (Å²) in [6.07, 6.45) is 3.38. The number of allylic oxidation sites excluding steroid dienone is 3. The third kappa shape index (κ3) is 6.43. The first-order valence-corrected chi connectivity index (χ1v) is 10.1. The second-order valence-electron chi connectivity index (χ2n) is 5.95. The molecular formula is C22H21ClN2O4S. The summed E-state index contributed by atoms with van der Waals surface area (Å²) >= 11 is 7.41. The number of hydrogen-bond acceptors (Lipinski definition) is 5. The quantitative estimate of drug-likeness (QED) is 0.366. The van der Waals surface area contributed by atoms with Gasteiger partial charge in [-0.1, -0.05) is 42.5 Å². The molecule has 2 rings (SSSR count). The smallest absolute Gasteiger partial charge is 0.325 e. The zero-order valence-electron chi connectivity index (χ0n) is 16.5. The van der Waals surface area contributed by atoms with E-state index in [0.29, 0.717) is 15.5 Å². The second kappa shape index (κ2) is 11.1. The molecule has 0 radical (unpaired) electrons. The van der Waals surface area contributed by atoms with Crippen LogP contribution < -0.4 is 10.6 Å². The molecule has 0 bridgehead atoms. The van der Waals surface area contributed by atoms with Gasteiger partial charge in [-0.25, -0.2) is 0 Å². The summed E-state index contributed by atoms with van der Waals surface area (Å²) < 4.78 is 4.53. The van der Waals surface area contributed by atoms with Gasteiger partial charge in [0.25, 0.3) is 11.8 Å². The Morgan fingerprint density at radius 1 is 1.17 bits per heavy atom. The molecule has 0 aliphatic rings. The van der Waals surface area contributed by atoms with Gasteiger partial charge in [0.2, 0.25) is 0 Å². The number of carbonyl (C=O) groups excluding carboxylic acids is 3. The standard InChI is InChI=1S/C22H21ClN2O4S/c1-4-17(14(2)23)19-11-10-16(30-19)12-18(22(28)24-13-20(26)29-3)25-21(27)15-8-6-5-7-9-15/h4-12H,2,13H2,1,3H3,(H,24,28)(H,25,27). The topological polar surface area (TPSA) is 84.5 Å². The number of methoxy groups -OCH3 is 1. The number of ether oxygens (including phenoxy) is 1. The van der Waals surface area contributed by atoms with Gasteiger partial charge in [0.15, 0.2) is 0 Å². The van der Waals surface area contributed by atoms with E-state index in [0.717, 1.165) is 10.5 Å². The highest BCUT2D eigenvalue weighted by atomic mass is 35.5. The Kier molecular flexibility index (Phi) is 8.58. The maximum Gasteiger partial charge on any atom is 0.325 e. The molecule has 0 unspecified atom stereocenters. The molecule has 8 heteroatoms. The molecule has 156 valence electrons. The Morgan fingerprint density at radius 2 is 1.87 bits per heavy atom. The molecule has 0 spiro atoms. The van der Waals surface area contributed by atoms with Crippen molar-refractivity contribution in [1.29, 1.82) is 0 Å². The van der Waals surface area contributed by atoms with Crippen LogP contribution in [0.3, 0.4) is 0 Å². The van der Waals surface area contributed by atoms with E-state index in [1.54, 1.807) is 36.4 Å². The normalized spacial score (nSPS) is 11.6. The molecule has 0 fully saturated rings. The van der Waals surface area contributed by atoms with Gasteiger partial charge in [0.1, 0.15) is 12.2 Å². The van der Waals surface area contributed by atoms with Crippen molar-refractivity contribution in [2.75, 3.05) is 13.7 Å².